The molecule has 0 heterocycles. The molecule has 0 spiro atoms. The van der Waals surface area contributed by atoms with E-state index in [0.717, 1.165) is 5.56 Å². The topological polar surface area (TPSA) is 57.5 Å². The predicted molar refractivity (Wildman–Crippen MR) is 77.1 cm³/mol. The predicted octanol–water partition coefficient (Wildman–Crippen LogP) is 3.24. The van der Waals surface area contributed by atoms with Crippen LogP contribution in [0.4, 0.5) is 0 Å². The van der Waals surface area contributed by atoms with Gasteiger partial charge in [0.2, 0.25) is 0 Å². The first-order valence-corrected chi connectivity index (χ1v) is 6.40. The van der Waals surface area contributed by atoms with Gasteiger partial charge in [0.1, 0.15) is 0 Å². The van der Waals surface area contributed by atoms with Gasteiger partial charge in [-0.05, 0) is 41.6 Å². The van der Waals surface area contributed by atoms with Crippen molar-refractivity contribution in [2.24, 2.45) is 0 Å². The summed E-state index contributed by atoms with van der Waals surface area (Å²) in [5, 5.41) is 19.0. The molecule has 92 valence electrons. The lowest BCUT2D eigenvalue weighted by atomic mass is 10.0. The van der Waals surface area contributed by atoms with Crippen LogP contribution in [0.25, 0.3) is 0 Å². The van der Waals surface area contributed by atoms with Crippen molar-refractivity contribution in [3.8, 4) is 11.5 Å². The van der Waals surface area contributed by atoms with Crippen molar-refractivity contribution in [3.63, 3.8) is 0 Å². The molecule has 2 N–H and O–H groups in total. The Labute approximate surface area is 118 Å². The van der Waals surface area contributed by atoms with Crippen LogP contribution in [0.1, 0.15) is 21.5 Å². The second-order valence-electron chi connectivity index (χ2n) is 4.02. The van der Waals surface area contributed by atoms with Crippen molar-refractivity contribution in [1.82, 2.24) is 0 Å². The van der Waals surface area contributed by atoms with Crippen LogP contribution in [0.2, 0.25) is 0 Å². The molecule has 0 amide bonds. The zero-order valence-corrected chi connectivity index (χ0v) is 11.8. The van der Waals surface area contributed by atoms with Crippen LogP contribution in [0.15, 0.2) is 36.4 Å². The highest BCUT2D eigenvalue weighted by Crippen LogP contribution is 2.32. The first kappa shape index (κ1) is 12.9. The number of phenolic OH excluding ortho intramolecular Hbond substituents is 2. The van der Waals surface area contributed by atoms with Crippen LogP contribution in [0, 0.1) is 10.5 Å². The number of ketones is 1. The second kappa shape index (κ2) is 4.97. The van der Waals surface area contributed by atoms with Gasteiger partial charge in [-0.1, -0.05) is 29.8 Å². The summed E-state index contributed by atoms with van der Waals surface area (Å²) >= 11 is 1.87. The minimum atomic E-state index is -0.280. The fourth-order valence-electron chi connectivity index (χ4n) is 1.59. The van der Waals surface area contributed by atoms with Crippen LogP contribution < -0.4 is 0 Å². The molecule has 0 aliphatic heterocycles. The zero-order valence-electron chi connectivity index (χ0n) is 9.64. The Morgan fingerprint density at radius 3 is 2.22 bits per heavy atom. The van der Waals surface area contributed by atoms with Crippen molar-refractivity contribution < 1.29 is 15.0 Å². The largest absolute Gasteiger partial charge is 0.504 e. The number of halogens is 1. The van der Waals surface area contributed by atoms with E-state index >= 15 is 0 Å². The minimum Gasteiger partial charge on any atom is -0.504 e. The molecule has 0 unspecified atom stereocenters. The van der Waals surface area contributed by atoms with E-state index in [-0.39, 0.29) is 17.3 Å². The molecule has 0 aromatic heterocycles. The second-order valence-corrected chi connectivity index (χ2v) is 5.18. The van der Waals surface area contributed by atoms with E-state index in [2.05, 4.69) is 0 Å². The molecule has 18 heavy (non-hydrogen) atoms. The van der Waals surface area contributed by atoms with Gasteiger partial charge in [-0.15, -0.1) is 0 Å². The van der Waals surface area contributed by atoms with Crippen LogP contribution in [0.5, 0.6) is 11.5 Å². The Balaban J connectivity index is 2.43. The van der Waals surface area contributed by atoms with Crippen LogP contribution in [-0.4, -0.2) is 16.0 Å². The van der Waals surface area contributed by atoms with Crippen LogP contribution >= 0.6 is 22.6 Å². The fourth-order valence-corrected chi connectivity index (χ4v) is 2.20. The summed E-state index contributed by atoms with van der Waals surface area (Å²) in [6.45, 7) is 1.95. The lowest BCUT2D eigenvalue weighted by Gasteiger charge is -2.05. The van der Waals surface area contributed by atoms with E-state index in [9.17, 15) is 15.0 Å². The molecule has 0 radical (unpaired) electrons. The number of carbonyl (C=O) groups excluding carboxylic acids is 1. The average molecular weight is 354 g/mol. The zero-order chi connectivity index (χ0) is 13.3. The maximum absolute atomic E-state index is 12.2. The van der Waals surface area contributed by atoms with Gasteiger partial charge < -0.3 is 10.2 Å². The molecule has 0 saturated heterocycles. The van der Waals surface area contributed by atoms with E-state index < -0.39 is 0 Å². The highest BCUT2D eigenvalue weighted by molar-refractivity contribution is 14.1. The summed E-state index contributed by atoms with van der Waals surface area (Å²) in [4.78, 5) is 12.2. The standard InChI is InChI=1S/C14H11IO3/c1-8-2-4-9(5-3-8)13(17)10-6-11(15)14(18)12(16)7-10/h2-7,16,18H,1H3. The molecule has 2 rings (SSSR count). The van der Waals surface area contributed by atoms with Gasteiger partial charge in [0.15, 0.2) is 17.3 Å². The van der Waals surface area contributed by atoms with Crippen molar-refractivity contribution in [2.45, 2.75) is 6.92 Å². The van der Waals surface area contributed by atoms with Crippen LogP contribution in [-0.2, 0) is 0 Å². The molecule has 0 fully saturated rings. The number of hydrogen-bond donors (Lipinski definition) is 2. The molecule has 0 saturated carbocycles. The minimum absolute atomic E-state index is 0.178. The Bertz CT molecular complexity index is 580. The van der Waals surface area contributed by atoms with Gasteiger partial charge in [0.25, 0.3) is 0 Å². The summed E-state index contributed by atoms with van der Waals surface area (Å²) in [5.41, 5.74) is 2.00. The van der Waals surface area contributed by atoms with E-state index in [1.54, 1.807) is 18.2 Å². The maximum atomic E-state index is 12.2. The van der Waals surface area contributed by atoms with Gasteiger partial charge >= 0.3 is 0 Å². The van der Waals surface area contributed by atoms with Crippen molar-refractivity contribution in [1.29, 1.82) is 0 Å². The molecule has 4 heteroatoms. The maximum Gasteiger partial charge on any atom is 0.193 e. The van der Waals surface area contributed by atoms with Crippen LogP contribution in [0.3, 0.4) is 0 Å². The number of rotatable bonds is 2. The molecule has 2 aromatic carbocycles. The summed E-state index contributed by atoms with van der Waals surface area (Å²) in [7, 11) is 0. The summed E-state index contributed by atoms with van der Waals surface area (Å²) < 4.78 is 0.447. The van der Waals surface area contributed by atoms with Gasteiger partial charge in [-0.3, -0.25) is 4.79 Å². The third-order valence-electron chi connectivity index (χ3n) is 2.62. The van der Waals surface area contributed by atoms with Gasteiger partial charge in [0, 0.05) is 11.1 Å². The lowest BCUT2D eigenvalue weighted by Crippen LogP contribution is -2.01. The Morgan fingerprint density at radius 2 is 1.67 bits per heavy atom. The molecular formula is C14H11IO3. The van der Waals surface area contributed by atoms with E-state index in [0.29, 0.717) is 14.7 Å². The van der Waals surface area contributed by atoms with Gasteiger partial charge in [-0.2, -0.15) is 0 Å². The van der Waals surface area contributed by atoms with Crippen molar-refractivity contribution >= 4 is 28.4 Å². The molecule has 0 bridgehead atoms. The molecular weight excluding hydrogens is 343 g/mol. The quantitative estimate of drug-likeness (QED) is 0.495. The smallest absolute Gasteiger partial charge is 0.193 e. The van der Waals surface area contributed by atoms with Crippen molar-refractivity contribution in [2.75, 3.05) is 0 Å². The Morgan fingerprint density at radius 1 is 1.06 bits per heavy atom. The SMILES string of the molecule is Cc1ccc(C(=O)c2cc(O)c(O)c(I)c2)cc1. The number of hydrogen-bond acceptors (Lipinski definition) is 3. The number of carbonyl (C=O) groups is 1. The Hall–Kier alpha value is -1.56. The summed E-state index contributed by atoms with van der Waals surface area (Å²) in [6, 6.07) is 10.0. The third-order valence-corrected chi connectivity index (χ3v) is 3.44. The number of benzene rings is 2. The molecule has 0 aliphatic carbocycles. The third kappa shape index (κ3) is 2.48. The molecule has 0 aliphatic rings. The monoisotopic (exact) mass is 354 g/mol. The lowest BCUT2D eigenvalue weighted by molar-refractivity contribution is 0.103. The number of aromatic hydroxyl groups is 2. The van der Waals surface area contributed by atoms with Gasteiger partial charge in [0.05, 0.1) is 3.57 Å². The normalized spacial score (nSPS) is 10.3. The summed E-state index contributed by atoms with van der Waals surface area (Å²) in [5.74, 6) is -0.656. The molecule has 3 nitrogen and oxygen atoms in total. The fraction of sp³-hybridized carbons (Fsp3) is 0.0714. The van der Waals surface area contributed by atoms with E-state index in [1.807, 2.05) is 41.6 Å². The molecule has 2 aromatic rings. The molecule has 0 atom stereocenters. The van der Waals surface area contributed by atoms with E-state index in [1.165, 1.54) is 6.07 Å². The number of aryl methyl sites for hydroxylation is 1. The average Bonchev–Trinajstić information content (AvgIpc) is 2.35. The van der Waals surface area contributed by atoms with Crippen molar-refractivity contribution in [3.05, 3.63) is 56.7 Å². The van der Waals surface area contributed by atoms with Gasteiger partial charge in [-0.25, -0.2) is 0 Å². The Kier molecular flexibility index (Phi) is 3.56. The first-order chi connectivity index (χ1) is 8.49. The summed E-state index contributed by atoms with van der Waals surface area (Å²) in [6.07, 6.45) is 0. The first-order valence-electron chi connectivity index (χ1n) is 5.32. The van der Waals surface area contributed by atoms with E-state index in [4.69, 9.17) is 0 Å². The highest BCUT2D eigenvalue weighted by atomic mass is 127. The highest BCUT2D eigenvalue weighted by Gasteiger charge is 2.14. The number of phenols is 2.